The molecule has 2 nitrogen and oxygen atoms in total. The summed E-state index contributed by atoms with van der Waals surface area (Å²) >= 11 is 0. The SMILES string of the molecule is C=C(C)/C=C\C=C(/C)c1ccc(CN2CCN(C)CC2)cc1. The van der Waals surface area contributed by atoms with Crippen molar-refractivity contribution in [1.82, 2.24) is 9.80 Å². The van der Waals surface area contributed by atoms with Crippen molar-refractivity contribution >= 4 is 5.57 Å². The fraction of sp³-hybridized carbons (Fsp3) is 0.400. The molecule has 1 heterocycles. The van der Waals surface area contributed by atoms with Gasteiger partial charge in [-0.25, -0.2) is 0 Å². The van der Waals surface area contributed by atoms with Gasteiger partial charge in [-0.15, -0.1) is 0 Å². The van der Waals surface area contributed by atoms with Crippen LogP contribution in [0.5, 0.6) is 0 Å². The van der Waals surface area contributed by atoms with Crippen molar-refractivity contribution in [3.05, 3.63) is 65.8 Å². The Morgan fingerprint density at radius 1 is 1.09 bits per heavy atom. The number of likely N-dealkylation sites (N-methyl/N-ethyl adjacent to an activating group) is 1. The molecule has 1 aliphatic heterocycles. The van der Waals surface area contributed by atoms with Crippen molar-refractivity contribution in [2.24, 2.45) is 0 Å². The molecule has 2 heteroatoms. The Morgan fingerprint density at radius 3 is 2.32 bits per heavy atom. The molecule has 0 N–H and O–H groups in total. The maximum atomic E-state index is 3.87. The zero-order valence-corrected chi connectivity index (χ0v) is 14.2. The third kappa shape index (κ3) is 5.28. The first kappa shape index (κ1) is 16.7. The molecule has 1 fully saturated rings. The van der Waals surface area contributed by atoms with Gasteiger partial charge in [-0.2, -0.15) is 0 Å². The van der Waals surface area contributed by atoms with Crippen LogP contribution >= 0.6 is 0 Å². The van der Waals surface area contributed by atoms with Crippen LogP contribution in [0.1, 0.15) is 25.0 Å². The maximum absolute atomic E-state index is 3.87. The summed E-state index contributed by atoms with van der Waals surface area (Å²) in [7, 11) is 2.20. The van der Waals surface area contributed by atoms with Crippen molar-refractivity contribution in [1.29, 1.82) is 0 Å². The molecule has 0 unspecified atom stereocenters. The molecule has 0 bridgehead atoms. The molecule has 0 aromatic heterocycles. The normalized spacial score (nSPS) is 18.0. The molecule has 0 radical (unpaired) electrons. The molecule has 1 saturated heterocycles. The lowest BCUT2D eigenvalue weighted by Crippen LogP contribution is -2.43. The van der Waals surface area contributed by atoms with Gasteiger partial charge in [-0.1, -0.05) is 54.6 Å². The highest BCUT2D eigenvalue weighted by molar-refractivity contribution is 5.65. The van der Waals surface area contributed by atoms with Gasteiger partial charge in [-0.3, -0.25) is 4.90 Å². The van der Waals surface area contributed by atoms with Gasteiger partial charge in [0.15, 0.2) is 0 Å². The van der Waals surface area contributed by atoms with Crippen LogP contribution in [0.25, 0.3) is 5.57 Å². The topological polar surface area (TPSA) is 6.48 Å². The second kappa shape index (κ2) is 8.11. The van der Waals surface area contributed by atoms with E-state index in [0.29, 0.717) is 0 Å². The minimum atomic E-state index is 1.06. The van der Waals surface area contributed by atoms with Crippen LogP contribution in [-0.4, -0.2) is 43.0 Å². The maximum Gasteiger partial charge on any atom is 0.0234 e. The third-order valence-corrected chi connectivity index (χ3v) is 4.14. The highest BCUT2D eigenvalue weighted by Gasteiger charge is 2.13. The lowest BCUT2D eigenvalue weighted by atomic mass is 10.0. The number of nitrogens with zero attached hydrogens (tertiary/aromatic N) is 2. The smallest absolute Gasteiger partial charge is 0.0234 e. The van der Waals surface area contributed by atoms with E-state index in [1.165, 1.54) is 42.9 Å². The Morgan fingerprint density at radius 2 is 1.73 bits per heavy atom. The monoisotopic (exact) mass is 296 g/mol. The van der Waals surface area contributed by atoms with Crippen LogP contribution in [0.2, 0.25) is 0 Å². The minimum Gasteiger partial charge on any atom is -0.304 e. The fourth-order valence-corrected chi connectivity index (χ4v) is 2.59. The van der Waals surface area contributed by atoms with Gasteiger partial charge in [-0.05, 0) is 37.6 Å². The van der Waals surface area contributed by atoms with E-state index in [1.54, 1.807) is 0 Å². The largest absolute Gasteiger partial charge is 0.304 e. The Hall–Kier alpha value is -1.64. The van der Waals surface area contributed by atoms with E-state index in [2.05, 4.69) is 66.8 Å². The van der Waals surface area contributed by atoms with E-state index in [0.717, 1.165) is 12.1 Å². The first-order valence-corrected chi connectivity index (χ1v) is 8.05. The van der Waals surface area contributed by atoms with Gasteiger partial charge in [0.05, 0.1) is 0 Å². The van der Waals surface area contributed by atoms with E-state index in [-0.39, 0.29) is 0 Å². The van der Waals surface area contributed by atoms with Gasteiger partial charge in [0.1, 0.15) is 0 Å². The number of benzene rings is 1. The van der Waals surface area contributed by atoms with Crippen LogP contribution in [0, 0.1) is 0 Å². The zero-order chi connectivity index (χ0) is 15.9. The summed E-state index contributed by atoms with van der Waals surface area (Å²) < 4.78 is 0. The molecule has 0 amide bonds. The van der Waals surface area contributed by atoms with Gasteiger partial charge in [0, 0.05) is 32.7 Å². The summed E-state index contributed by atoms with van der Waals surface area (Å²) in [4.78, 5) is 4.93. The quantitative estimate of drug-likeness (QED) is 0.759. The number of rotatable bonds is 5. The summed E-state index contributed by atoms with van der Waals surface area (Å²) in [6.45, 7) is 13.8. The summed E-state index contributed by atoms with van der Waals surface area (Å²) in [6, 6.07) is 8.97. The predicted octanol–water partition coefficient (Wildman–Crippen LogP) is 3.97. The molecule has 2 rings (SSSR count). The average molecular weight is 296 g/mol. The molecule has 1 aromatic rings. The molecular formula is C20H28N2. The Labute approximate surface area is 135 Å². The highest BCUT2D eigenvalue weighted by Crippen LogP contribution is 2.16. The zero-order valence-electron chi connectivity index (χ0n) is 14.2. The minimum absolute atomic E-state index is 1.06. The second-order valence-corrected chi connectivity index (χ2v) is 6.33. The van der Waals surface area contributed by atoms with Crippen LogP contribution in [-0.2, 0) is 6.54 Å². The second-order valence-electron chi connectivity index (χ2n) is 6.33. The van der Waals surface area contributed by atoms with Crippen molar-refractivity contribution in [3.8, 4) is 0 Å². The lowest BCUT2D eigenvalue weighted by molar-refractivity contribution is 0.148. The standard InChI is InChI=1S/C20H28N2/c1-17(2)6-5-7-18(3)20-10-8-19(9-11-20)16-22-14-12-21(4)13-15-22/h5-11H,1,12-16H2,2-4H3/b6-5-,18-7+. The fourth-order valence-electron chi connectivity index (χ4n) is 2.59. The van der Waals surface area contributed by atoms with E-state index in [4.69, 9.17) is 0 Å². The molecular weight excluding hydrogens is 268 g/mol. The molecule has 22 heavy (non-hydrogen) atoms. The van der Waals surface area contributed by atoms with Crippen LogP contribution in [0.3, 0.4) is 0 Å². The summed E-state index contributed by atoms with van der Waals surface area (Å²) in [5.74, 6) is 0. The average Bonchev–Trinajstić information content (AvgIpc) is 2.50. The number of piperazine rings is 1. The highest BCUT2D eigenvalue weighted by atomic mass is 15.2. The van der Waals surface area contributed by atoms with Gasteiger partial charge >= 0.3 is 0 Å². The van der Waals surface area contributed by atoms with Gasteiger partial charge in [0.25, 0.3) is 0 Å². The molecule has 0 saturated carbocycles. The molecule has 1 aromatic carbocycles. The molecule has 0 spiro atoms. The van der Waals surface area contributed by atoms with E-state index in [1.807, 2.05) is 13.0 Å². The predicted molar refractivity (Wildman–Crippen MR) is 96.8 cm³/mol. The molecule has 1 aliphatic rings. The van der Waals surface area contributed by atoms with Gasteiger partial charge in [0.2, 0.25) is 0 Å². The Bertz CT molecular complexity index is 544. The van der Waals surface area contributed by atoms with Crippen molar-refractivity contribution in [2.75, 3.05) is 33.2 Å². The molecule has 0 aliphatic carbocycles. The van der Waals surface area contributed by atoms with E-state index < -0.39 is 0 Å². The molecule has 118 valence electrons. The lowest BCUT2D eigenvalue weighted by Gasteiger charge is -2.32. The number of hydrogen-bond acceptors (Lipinski definition) is 2. The summed E-state index contributed by atoms with van der Waals surface area (Å²) in [5.41, 5.74) is 5.04. The Kier molecular flexibility index (Phi) is 6.17. The Balaban J connectivity index is 1.93. The van der Waals surface area contributed by atoms with Crippen LogP contribution < -0.4 is 0 Å². The third-order valence-electron chi connectivity index (χ3n) is 4.14. The first-order valence-electron chi connectivity index (χ1n) is 8.05. The van der Waals surface area contributed by atoms with Gasteiger partial charge < -0.3 is 4.90 Å². The first-order chi connectivity index (χ1) is 10.5. The molecule has 0 atom stereocenters. The van der Waals surface area contributed by atoms with Crippen molar-refractivity contribution in [3.63, 3.8) is 0 Å². The summed E-state index contributed by atoms with van der Waals surface area (Å²) in [6.07, 6.45) is 6.24. The summed E-state index contributed by atoms with van der Waals surface area (Å²) in [5, 5.41) is 0. The van der Waals surface area contributed by atoms with Crippen molar-refractivity contribution in [2.45, 2.75) is 20.4 Å². The van der Waals surface area contributed by atoms with Crippen LogP contribution in [0.15, 0.2) is 54.6 Å². The number of hydrogen-bond donors (Lipinski definition) is 0. The number of allylic oxidation sites excluding steroid dienone is 5. The van der Waals surface area contributed by atoms with Crippen LogP contribution in [0.4, 0.5) is 0 Å². The van der Waals surface area contributed by atoms with E-state index >= 15 is 0 Å². The van der Waals surface area contributed by atoms with E-state index in [9.17, 15) is 0 Å². The van der Waals surface area contributed by atoms with Crippen molar-refractivity contribution < 1.29 is 0 Å².